The zero-order chi connectivity index (χ0) is 77.7. The van der Waals surface area contributed by atoms with Gasteiger partial charge in [-0.25, -0.2) is 0 Å². The molecule has 0 aliphatic heterocycles. The van der Waals surface area contributed by atoms with Gasteiger partial charge >= 0.3 is 0 Å². The van der Waals surface area contributed by atoms with Crippen molar-refractivity contribution in [2.24, 2.45) is 47.3 Å². The minimum Gasteiger partial charge on any atom is -0.508 e. The number of hydrogen-bond donors (Lipinski definition) is 12. The number of phenolic OH excluding ortho intramolecular Hbond substituents is 8. The van der Waals surface area contributed by atoms with Crippen LogP contribution in [0.15, 0.2) is 18.2 Å². The summed E-state index contributed by atoms with van der Waals surface area (Å²) >= 11 is 0. The molecule has 12 N–H and O–H groups in total. The Morgan fingerprint density at radius 1 is 0.267 bits per heavy atom. The third-order valence-electron chi connectivity index (χ3n) is 22.2. The van der Waals surface area contributed by atoms with Crippen molar-refractivity contribution in [2.45, 2.75) is 375 Å². The Balaban J connectivity index is 0.000000674. The van der Waals surface area contributed by atoms with E-state index in [4.69, 9.17) is 0 Å². The molecule has 0 aliphatic carbocycles. The molecule has 582 valence electrons. The number of rotatable bonds is 40. The Morgan fingerprint density at radius 3 is 0.822 bits per heavy atom. The van der Waals surface area contributed by atoms with Gasteiger partial charge in [-0.2, -0.15) is 0 Å². The maximum Gasteiger partial charge on any atom is 0.122 e. The molecule has 0 heterocycles. The van der Waals surface area contributed by atoms with Gasteiger partial charge in [-0.15, -0.1) is 0 Å². The lowest BCUT2D eigenvalue weighted by Crippen LogP contribution is -2.26. The fourth-order valence-electron chi connectivity index (χ4n) is 13.7. The zero-order valence-corrected chi connectivity index (χ0v) is 69.0. The zero-order valence-electron chi connectivity index (χ0n) is 69.0. The van der Waals surface area contributed by atoms with E-state index in [-0.39, 0.29) is 46.0 Å². The summed E-state index contributed by atoms with van der Waals surface area (Å²) in [6.45, 7) is 51.0. The third kappa shape index (κ3) is 36.1. The summed E-state index contributed by atoms with van der Waals surface area (Å²) in [6.07, 6.45) is 26.8. The molecular formula is C89H154O12. The Bertz CT molecular complexity index is 2870. The first-order chi connectivity index (χ1) is 46.6. The van der Waals surface area contributed by atoms with E-state index >= 15 is 0 Å². The van der Waals surface area contributed by atoms with Crippen LogP contribution in [0, 0.1) is 110 Å². The van der Waals surface area contributed by atoms with Crippen molar-refractivity contribution in [1.29, 1.82) is 0 Å². The molecule has 101 heavy (non-hydrogen) atoms. The first-order valence-electron chi connectivity index (χ1n) is 39.5. The number of phenols is 8. The normalized spacial score (nSPS) is 15.3. The number of aromatic hydroxyl groups is 8. The molecule has 4 rings (SSSR count). The van der Waals surface area contributed by atoms with Crippen LogP contribution < -0.4 is 0 Å². The van der Waals surface area contributed by atoms with Crippen LogP contribution in [0.25, 0.3) is 0 Å². The molecule has 12 nitrogen and oxygen atoms in total. The third-order valence-corrected chi connectivity index (χ3v) is 22.2. The first kappa shape index (κ1) is 94.1. The van der Waals surface area contributed by atoms with E-state index in [0.717, 1.165) is 131 Å². The molecule has 4 aromatic carbocycles. The van der Waals surface area contributed by atoms with Crippen molar-refractivity contribution in [2.75, 3.05) is 0 Å². The Hall–Kier alpha value is -4.88. The summed E-state index contributed by atoms with van der Waals surface area (Å²) in [7, 11) is 0. The molecule has 0 radical (unpaired) electrons. The van der Waals surface area contributed by atoms with Gasteiger partial charge in [0.1, 0.15) is 46.0 Å². The highest BCUT2D eigenvalue weighted by Crippen LogP contribution is 2.41. The van der Waals surface area contributed by atoms with Crippen molar-refractivity contribution >= 4 is 0 Å². The van der Waals surface area contributed by atoms with E-state index in [0.29, 0.717) is 91.7 Å². The summed E-state index contributed by atoms with van der Waals surface area (Å²) in [5, 5.41) is 124. The first-order valence-corrected chi connectivity index (χ1v) is 39.5. The monoisotopic (exact) mass is 1420 g/mol. The topological polar surface area (TPSA) is 243 Å². The maximum atomic E-state index is 10.8. The van der Waals surface area contributed by atoms with E-state index in [9.17, 15) is 61.3 Å². The highest BCUT2D eigenvalue weighted by Gasteiger charge is 2.28. The second kappa shape index (κ2) is 44.8. The number of benzene rings is 4. The minimum atomic E-state index is -0.750. The largest absolute Gasteiger partial charge is 0.508 e. The van der Waals surface area contributed by atoms with E-state index in [1.807, 2.05) is 76.2 Å². The Morgan fingerprint density at radius 2 is 0.525 bits per heavy atom. The van der Waals surface area contributed by atoms with Crippen LogP contribution in [0.4, 0.5) is 0 Å². The van der Waals surface area contributed by atoms with Crippen molar-refractivity contribution in [3.8, 4) is 46.0 Å². The van der Waals surface area contributed by atoms with Gasteiger partial charge in [0, 0.05) is 16.7 Å². The predicted molar refractivity (Wildman–Crippen MR) is 426 cm³/mol. The van der Waals surface area contributed by atoms with Gasteiger partial charge in [0.2, 0.25) is 0 Å². The Labute approximate surface area is 617 Å². The fourth-order valence-corrected chi connectivity index (χ4v) is 13.7. The molecule has 0 bridgehead atoms. The fraction of sp³-hybridized carbons (Fsp3) is 0.730. The highest BCUT2D eigenvalue weighted by molar-refractivity contribution is 5.58. The van der Waals surface area contributed by atoms with Crippen molar-refractivity contribution in [3.05, 3.63) is 90.5 Å². The Kier molecular flexibility index (Phi) is 41.8. The summed E-state index contributed by atoms with van der Waals surface area (Å²) in [6, 6.07) is 4.74. The summed E-state index contributed by atoms with van der Waals surface area (Å²) in [5.74, 6) is 7.44. The summed E-state index contributed by atoms with van der Waals surface area (Å²) in [4.78, 5) is 0. The van der Waals surface area contributed by atoms with Crippen LogP contribution in [0.2, 0.25) is 0 Å². The standard InChI is InChI=1S/2C23H40O3.C22H38O3.C21H36O3/c2*1-15(2)9-8-10-16(3)11-13-23(7,26)14-12-20-19(6)21(24)17(4)18(5)22(20)25;1-15(2)8-7-9-16(3)10-12-22(6,25)13-11-19-18(5)21(24)17(4)14-20(19)23;1-15(2)7-6-8-16(3)9-11-21(5,24)12-10-18-14-19(22)13-17(4)20(18)23/h2*15-16,24-26H,8-14H2,1-7H3;14-16,23-25H,7-13H2,1-6H3;13-16,22-24H,6-12H2,1-5H3/t2*16-,23?;16-,22?;16-,21?/m1111/s1. The quantitative estimate of drug-likeness (QED) is 0.0186. The SMILES string of the molecule is Cc1c(C)c(O)c(CCC(C)(O)CC[C@H](C)CCCC(C)C)c(C)c1O.Cc1c(C)c(O)c(CCC(C)(O)CC[C@H](C)CCCC(C)C)c(C)c1O.Cc1cc(O)c(CCC(C)(O)CC[C@H](C)CCCC(C)C)c(C)c1O.Cc1cc(O)cc(CCC(C)(O)CC[C@H](C)CCCC(C)C)c1O. The number of aryl methyl sites for hydroxylation is 3. The molecule has 12 heteroatoms. The molecule has 4 unspecified atom stereocenters. The lowest BCUT2D eigenvalue weighted by atomic mass is 9.86. The summed E-state index contributed by atoms with van der Waals surface area (Å²) < 4.78 is 0. The van der Waals surface area contributed by atoms with Crippen LogP contribution in [0.1, 0.15) is 337 Å². The molecule has 4 aromatic rings. The van der Waals surface area contributed by atoms with Gasteiger partial charge in [-0.05, 0) is 314 Å². The van der Waals surface area contributed by atoms with Crippen LogP contribution in [0.3, 0.4) is 0 Å². The molecule has 0 aliphatic rings. The van der Waals surface area contributed by atoms with Gasteiger partial charge in [-0.3, -0.25) is 0 Å². The molecule has 8 atom stereocenters. The average molecular weight is 1420 g/mol. The highest BCUT2D eigenvalue weighted by atomic mass is 16.3. The van der Waals surface area contributed by atoms with Gasteiger partial charge < -0.3 is 61.3 Å². The molecule has 0 saturated carbocycles. The smallest absolute Gasteiger partial charge is 0.122 e. The molecule has 0 fully saturated rings. The summed E-state index contributed by atoms with van der Waals surface area (Å²) in [5.41, 5.74) is 6.41. The lowest BCUT2D eigenvalue weighted by molar-refractivity contribution is 0.0352. The lowest BCUT2D eigenvalue weighted by Gasteiger charge is -2.26. The molecular weight excluding hydrogens is 1260 g/mol. The number of aliphatic hydroxyl groups is 4. The average Bonchev–Trinajstić information content (AvgIpc) is 0.808. The van der Waals surface area contributed by atoms with Gasteiger partial charge in [0.05, 0.1) is 22.4 Å². The minimum absolute atomic E-state index is 0.165. The van der Waals surface area contributed by atoms with Gasteiger partial charge in [-0.1, -0.05) is 160 Å². The molecule has 0 aromatic heterocycles. The van der Waals surface area contributed by atoms with Crippen LogP contribution in [-0.4, -0.2) is 83.7 Å². The second-order valence-corrected chi connectivity index (χ2v) is 34.9. The predicted octanol–water partition coefficient (Wildman–Crippen LogP) is 22.9. The van der Waals surface area contributed by atoms with Gasteiger partial charge in [0.15, 0.2) is 0 Å². The molecule has 0 amide bonds. The van der Waals surface area contributed by atoms with Gasteiger partial charge in [0.25, 0.3) is 0 Å². The van der Waals surface area contributed by atoms with E-state index < -0.39 is 22.4 Å². The van der Waals surface area contributed by atoms with Crippen LogP contribution >= 0.6 is 0 Å². The van der Waals surface area contributed by atoms with Crippen LogP contribution in [-0.2, 0) is 25.7 Å². The van der Waals surface area contributed by atoms with Crippen molar-refractivity contribution < 1.29 is 61.3 Å². The molecule has 0 saturated heterocycles. The molecule has 0 spiro atoms. The van der Waals surface area contributed by atoms with E-state index in [1.54, 1.807) is 32.0 Å². The van der Waals surface area contributed by atoms with E-state index in [2.05, 4.69) is 83.1 Å². The number of hydrogen-bond acceptors (Lipinski definition) is 12. The maximum absolute atomic E-state index is 10.8. The second-order valence-electron chi connectivity index (χ2n) is 34.9. The van der Waals surface area contributed by atoms with Crippen molar-refractivity contribution in [3.63, 3.8) is 0 Å². The van der Waals surface area contributed by atoms with E-state index in [1.165, 1.54) is 77.0 Å². The van der Waals surface area contributed by atoms with Crippen LogP contribution in [0.5, 0.6) is 46.0 Å². The van der Waals surface area contributed by atoms with Crippen molar-refractivity contribution in [1.82, 2.24) is 0 Å².